The van der Waals surface area contributed by atoms with Crippen molar-refractivity contribution in [2.45, 2.75) is 17.4 Å². The quantitative estimate of drug-likeness (QED) is 0.712. The van der Waals surface area contributed by atoms with Crippen LogP contribution in [0.5, 0.6) is 0 Å². The summed E-state index contributed by atoms with van der Waals surface area (Å²) in [6.45, 7) is 3.21. The number of nitrogens with one attached hydrogen (secondary N) is 1. The normalized spacial score (nSPS) is 24.0. The van der Waals surface area contributed by atoms with E-state index in [1.165, 1.54) is 12.1 Å². The zero-order chi connectivity index (χ0) is 19.7. The Morgan fingerprint density at radius 1 is 1.15 bits per heavy atom. The highest BCUT2D eigenvalue weighted by molar-refractivity contribution is 7.91. The number of nitrogens with zero attached hydrogens (tertiary/aromatic N) is 2. The van der Waals surface area contributed by atoms with Crippen LogP contribution in [0.2, 0.25) is 0 Å². The first-order chi connectivity index (χ1) is 12.6. The average Bonchev–Trinajstić information content (AvgIpc) is 2.95. The largest absolute Gasteiger partial charge is 0.325 e. The van der Waals surface area contributed by atoms with E-state index in [9.17, 15) is 21.6 Å². The van der Waals surface area contributed by atoms with Gasteiger partial charge in [-0.15, -0.1) is 0 Å². The van der Waals surface area contributed by atoms with Crippen LogP contribution in [0.3, 0.4) is 0 Å². The second kappa shape index (κ2) is 7.86. The van der Waals surface area contributed by atoms with Gasteiger partial charge in [0.15, 0.2) is 19.7 Å². The van der Waals surface area contributed by atoms with Crippen LogP contribution in [0.15, 0.2) is 29.2 Å². The molecular formula is C17H25N3O5S2. The minimum Gasteiger partial charge on any atom is -0.325 e. The Hall–Kier alpha value is -1.49. The van der Waals surface area contributed by atoms with E-state index in [-0.39, 0.29) is 34.9 Å². The second-order valence-corrected chi connectivity index (χ2v) is 11.5. The van der Waals surface area contributed by atoms with Gasteiger partial charge in [-0.3, -0.25) is 14.6 Å². The highest BCUT2D eigenvalue weighted by Gasteiger charge is 2.33. The number of amides is 1. The fraction of sp³-hybridized carbons (Fsp3) is 0.588. The van der Waals surface area contributed by atoms with Gasteiger partial charge in [0.25, 0.3) is 0 Å². The fourth-order valence-corrected chi connectivity index (χ4v) is 5.93. The van der Waals surface area contributed by atoms with Crippen molar-refractivity contribution in [3.8, 4) is 0 Å². The molecule has 0 radical (unpaired) electrons. The first kappa shape index (κ1) is 20.2. The summed E-state index contributed by atoms with van der Waals surface area (Å²) < 4.78 is 46.1. The Morgan fingerprint density at radius 2 is 1.78 bits per heavy atom. The van der Waals surface area contributed by atoms with Crippen LogP contribution in [0.25, 0.3) is 0 Å². The summed E-state index contributed by atoms with van der Waals surface area (Å²) in [4.78, 5) is 16.7. The van der Waals surface area contributed by atoms with Crippen molar-refractivity contribution in [1.29, 1.82) is 0 Å². The van der Waals surface area contributed by atoms with Crippen LogP contribution in [-0.2, 0) is 24.5 Å². The lowest BCUT2D eigenvalue weighted by atomic mass is 10.2. The molecule has 0 spiro atoms. The summed E-state index contributed by atoms with van der Waals surface area (Å²) in [7, 11) is -6.14. The molecule has 150 valence electrons. The molecule has 2 aliphatic rings. The van der Waals surface area contributed by atoms with E-state index in [0.717, 1.165) is 32.4 Å². The van der Waals surface area contributed by atoms with Gasteiger partial charge < -0.3 is 5.32 Å². The smallest absolute Gasteiger partial charge is 0.238 e. The van der Waals surface area contributed by atoms with Crippen LogP contribution in [0.1, 0.15) is 6.42 Å². The molecule has 2 saturated heterocycles. The summed E-state index contributed by atoms with van der Waals surface area (Å²) in [6, 6.07) is 6.21. The molecule has 0 bridgehead atoms. The van der Waals surface area contributed by atoms with Gasteiger partial charge in [0.2, 0.25) is 5.91 Å². The number of anilines is 1. The molecule has 1 atom stereocenters. The summed E-state index contributed by atoms with van der Waals surface area (Å²) in [5.41, 5.74) is 0.558. The zero-order valence-corrected chi connectivity index (χ0v) is 16.9. The van der Waals surface area contributed by atoms with Crippen molar-refractivity contribution in [2.75, 3.05) is 55.8 Å². The number of hydrogen-bond acceptors (Lipinski definition) is 7. The van der Waals surface area contributed by atoms with Gasteiger partial charge >= 0.3 is 0 Å². The lowest BCUT2D eigenvalue weighted by Gasteiger charge is -2.37. The second-order valence-electron chi connectivity index (χ2n) is 7.21. The van der Waals surface area contributed by atoms with Gasteiger partial charge in [-0.1, -0.05) is 0 Å². The summed E-state index contributed by atoms with van der Waals surface area (Å²) in [5.74, 6) is 0.369. The van der Waals surface area contributed by atoms with E-state index < -0.39 is 19.7 Å². The van der Waals surface area contributed by atoms with E-state index >= 15 is 0 Å². The number of carbonyl (C=O) groups is 1. The van der Waals surface area contributed by atoms with Gasteiger partial charge in [-0.2, -0.15) is 0 Å². The number of benzene rings is 1. The predicted octanol–water partition coefficient (Wildman–Crippen LogP) is -0.167. The summed E-state index contributed by atoms with van der Waals surface area (Å²) in [5, 5.41) is 2.78. The molecular weight excluding hydrogens is 390 g/mol. The van der Waals surface area contributed by atoms with Gasteiger partial charge in [0.1, 0.15) is 0 Å². The maximum Gasteiger partial charge on any atom is 0.238 e. The molecule has 0 saturated carbocycles. The lowest BCUT2D eigenvalue weighted by Crippen LogP contribution is -2.52. The number of carbonyl (C=O) groups excluding carboxylic acids is 1. The van der Waals surface area contributed by atoms with E-state index in [1.807, 2.05) is 4.90 Å². The Morgan fingerprint density at radius 3 is 2.30 bits per heavy atom. The molecule has 1 aromatic rings. The molecule has 1 aromatic carbocycles. The Labute approximate surface area is 160 Å². The van der Waals surface area contributed by atoms with Crippen molar-refractivity contribution in [2.24, 2.45) is 0 Å². The Bertz CT molecular complexity index is 889. The number of rotatable bonds is 5. The SMILES string of the molecule is CS(=O)(=O)c1ccc(NC(=O)CN2CCN([C@H]3CCS(=O)(=O)C3)CC2)cc1. The Balaban J connectivity index is 1.46. The molecule has 2 fully saturated rings. The topological polar surface area (TPSA) is 104 Å². The van der Waals surface area contributed by atoms with Crippen molar-refractivity contribution >= 4 is 31.3 Å². The monoisotopic (exact) mass is 415 g/mol. The first-order valence-corrected chi connectivity index (χ1v) is 12.6. The molecule has 0 aromatic heterocycles. The summed E-state index contributed by atoms with van der Waals surface area (Å²) in [6.07, 6.45) is 1.84. The van der Waals surface area contributed by atoms with Gasteiger partial charge in [0.05, 0.1) is 22.9 Å². The predicted molar refractivity (Wildman–Crippen MR) is 103 cm³/mol. The molecule has 2 aliphatic heterocycles. The minimum absolute atomic E-state index is 0.110. The molecule has 1 amide bonds. The third kappa shape index (κ3) is 5.50. The molecule has 8 nitrogen and oxygen atoms in total. The molecule has 27 heavy (non-hydrogen) atoms. The number of sulfone groups is 2. The first-order valence-electron chi connectivity index (χ1n) is 8.89. The molecule has 2 heterocycles. The molecule has 0 unspecified atom stereocenters. The van der Waals surface area contributed by atoms with Crippen LogP contribution in [0, 0.1) is 0 Å². The summed E-state index contributed by atoms with van der Waals surface area (Å²) >= 11 is 0. The number of hydrogen-bond donors (Lipinski definition) is 1. The van der Waals surface area contributed by atoms with Crippen molar-refractivity contribution < 1.29 is 21.6 Å². The maximum atomic E-state index is 12.2. The van der Waals surface area contributed by atoms with E-state index in [0.29, 0.717) is 12.1 Å². The number of piperazine rings is 1. The minimum atomic E-state index is -3.25. The van der Waals surface area contributed by atoms with Crippen molar-refractivity contribution in [1.82, 2.24) is 9.80 Å². The molecule has 1 N–H and O–H groups in total. The third-order valence-electron chi connectivity index (χ3n) is 5.07. The highest BCUT2D eigenvalue weighted by Crippen LogP contribution is 2.19. The standard InChI is InChI=1S/C17H25N3O5S2/c1-26(22,23)16-4-2-14(3-5-16)18-17(21)12-19-7-9-20(10-8-19)15-6-11-27(24,25)13-15/h2-5,15H,6-13H2,1H3,(H,18,21)/t15-/m0/s1. The Kier molecular flexibility index (Phi) is 5.90. The van der Waals surface area contributed by atoms with Gasteiger partial charge in [-0.05, 0) is 30.7 Å². The average molecular weight is 416 g/mol. The van der Waals surface area contributed by atoms with Crippen LogP contribution < -0.4 is 5.32 Å². The molecule has 0 aliphatic carbocycles. The van der Waals surface area contributed by atoms with Gasteiger partial charge in [0, 0.05) is 44.2 Å². The van der Waals surface area contributed by atoms with E-state index in [1.54, 1.807) is 12.1 Å². The third-order valence-corrected chi connectivity index (χ3v) is 7.94. The van der Waals surface area contributed by atoms with Crippen LogP contribution in [-0.4, -0.2) is 89.1 Å². The maximum absolute atomic E-state index is 12.2. The molecule has 10 heteroatoms. The van der Waals surface area contributed by atoms with Crippen molar-refractivity contribution in [3.05, 3.63) is 24.3 Å². The lowest BCUT2D eigenvalue weighted by molar-refractivity contribution is -0.117. The fourth-order valence-electron chi connectivity index (χ4n) is 3.54. The van der Waals surface area contributed by atoms with Crippen molar-refractivity contribution in [3.63, 3.8) is 0 Å². The van der Waals surface area contributed by atoms with Gasteiger partial charge in [-0.25, -0.2) is 16.8 Å². The highest BCUT2D eigenvalue weighted by atomic mass is 32.2. The zero-order valence-electron chi connectivity index (χ0n) is 15.3. The van der Waals surface area contributed by atoms with E-state index in [2.05, 4.69) is 10.2 Å². The molecule has 3 rings (SSSR count). The van der Waals surface area contributed by atoms with E-state index in [4.69, 9.17) is 0 Å². The van der Waals surface area contributed by atoms with Crippen LogP contribution in [0.4, 0.5) is 5.69 Å². The van der Waals surface area contributed by atoms with Crippen LogP contribution >= 0.6 is 0 Å².